The third kappa shape index (κ3) is 1.57. The van der Waals surface area contributed by atoms with Crippen LogP contribution in [0.3, 0.4) is 0 Å². The molecule has 1 heterocycles. The first-order valence-corrected chi connectivity index (χ1v) is 5.45. The summed E-state index contributed by atoms with van der Waals surface area (Å²) in [6, 6.07) is 6.66. The van der Waals surface area contributed by atoms with Crippen molar-refractivity contribution in [2.24, 2.45) is 0 Å². The molecule has 0 amide bonds. The fourth-order valence-electron chi connectivity index (χ4n) is 1.63. The fourth-order valence-corrected chi connectivity index (χ4v) is 1.99. The van der Waals surface area contributed by atoms with Crippen LogP contribution in [0.1, 0.15) is 18.5 Å². The second-order valence-electron chi connectivity index (χ2n) is 3.44. The largest absolute Gasteiger partial charge is 0.361 e. The van der Waals surface area contributed by atoms with E-state index in [1.165, 1.54) is 16.5 Å². The number of H-pyrrole nitrogens is 1. The van der Waals surface area contributed by atoms with E-state index < -0.39 is 0 Å². The minimum atomic E-state index is 0.373. The van der Waals surface area contributed by atoms with Crippen LogP contribution in [-0.2, 0) is 0 Å². The Morgan fingerprint density at radius 2 is 2.21 bits per heavy atom. The molecular formula is C11H13BrN2. The molecule has 0 bridgehead atoms. The van der Waals surface area contributed by atoms with Crippen LogP contribution < -0.4 is 5.32 Å². The van der Waals surface area contributed by atoms with Crippen LogP contribution in [0.25, 0.3) is 10.9 Å². The lowest BCUT2D eigenvalue weighted by Crippen LogP contribution is -2.11. The molecule has 2 N–H and O–H groups in total. The number of nitrogens with one attached hydrogen (secondary N) is 2. The molecule has 3 heteroatoms. The molecule has 2 nitrogen and oxygen atoms in total. The number of aromatic nitrogens is 1. The van der Waals surface area contributed by atoms with E-state index >= 15 is 0 Å². The quantitative estimate of drug-likeness (QED) is 0.845. The first-order chi connectivity index (χ1) is 6.72. The summed E-state index contributed by atoms with van der Waals surface area (Å²) in [6.45, 7) is 2.16. The molecule has 2 aromatic rings. The average Bonchev–Trinajstić information content (AvgIpc) is 2.59. The van der Waals surface area contributed by atoms with Gasteiger partial charge in [-0.1, -0.05) is 15.9 Å². The average molecular weight is 253 g/mol. The maximum absolute atomic E-state index is 3.49. The van der Waals surface area contributed by atoms with E-state index in [9.17, 15) is 0 Å². The summed E-state index contributed by atoms with van der Waals surface area (Å²) in [6.07, 6.45) is 2.07. The number of hydrogen-bond donors (Lipinski definition) is 2. The number of hydrogen-bond acceptors (Lipinski definition) is 1. The lowest BCUT2D eigenvalue weighted by atomic mass is 10.1. The van der Waals surface area contributed by atoms with Gasteiger partial charge in [-0.15, -0.1) is 0 Å². The van der Waals surface area contributed by atoms with Crippen LogP contribution in [0.5, 0.6) is 0 Å². The van der Waals surface area contributed by atoms with Crippen molar-refractivity contribution in [1.29, 1.82) is 0 Å². The Hall–Kier alpha value is -0.800. The van der Waals surface area contributed by atoms with Crippen molar-refractivity contribution in [3.8, 4) is 0 Å². The van der Waals surface area contributed by atoms with Gasteiger partial charge in [0.25, 0.3) is 0 Å². The number of halogens is 1. The van der Waals surface area contributed by atoms with Gasteiger partial charge in [-0.05, 0) is 37.7 Å². The third-order valence-electron chi connectivity index (χ3n) is 2.58. The number of benzene rings is 1. The zero-order valence-electron chi connectivity index (χ0n) is 8.26. The highest BCUT2D eigenvalue weighted by Crippen LogP contribution is 2.26. The van der Waals surface area contributed by atoms with Crippen LogP contribution >= 0.6 is 15.9 Å². The molecule has 0 unspecified atom stereocenters. The van der Waals surface area contributed by atoms with Gasteiger partial charge in [0, 0.05) is 27.6 Å². The molecule has 0 fully saturated rings. The van der Waals surface area contributed by atoms with Gasteiger partial charge < -0.3 is 10.3 Å². The van der Waals surface area contributed by atoms with E-state index in [1.807, 2.05) is 13.1 Å². The van der Waals surface area contributed by atoms with E-state index in [0.29, 0.717) is 6.04 Å². The molecule has 0 aliphatic carbocycles. The van der Waals surface area contributed by atoms with E-state index in [1.54, 1.807) is 0 Å². The van der Waals surface area contributed by atoms with Gasteiger partial charge in [-0.3, -0.25) is 0 Å². The summed E-state index contributed by atoms with van der Waals surface area (Å²) in [4.78, 5) is 3.27. The Labute approximate surface area is 91.8 Å². The van der Waals surface area contributed by atoms with Crippen molar-refractivity contribution in [1.82, 2.24) is 10.3 Å². The Morgan fingerprint density at radius 3 is 2.93 bits per heavy atom. The van der Waals surface area contributed by atoms with Crippen molar-refractivity contribution in [2.45, 2.75) is 13.0 Å². The fraction of sp³-hybridized carbons (Fsp3) is 0.273. The van der Waals surface area contributed by atoms with Crippen molar-refractivity contribution in [2.75, 3.05) is 7.05 Å². The number of aromatic amines is 1. The normalized spacial score (nSPS) is 13.4. The summed E-state index contributed by atoms with van der Waals surface area (Å²) in [7, 11) is 1.97. The monoisotopic (exact) mass is 252 g/mol. The molecule has 0 spiro atoms. The van der Waals surface area contributed by atoms with Gasteiger partial charge in [0.15, 0.2) is 0 Å². The van der Waals surface area contributed by atoms with Gasteiger partial charge in [-0.2, -0.15) is 0 Å². The summed E-state index contributed by atoms with van der Waals surface area (Å²) < 4.78 is 1.12. The van der Waals surface area contributed by atoms with Crippen molar-refractivity contribution in [3.63, 3.8) is 0 Å². The lowest BCUT2D eigenvalue weighted by molar-refractivity contribution is 0.657. The first-order valence-electron chi connectivity index (χ1n) is 4.66. The smallest absolute Gasteiger partial charge is 0.0458 e. The predicted molar refractivity (Wildman–Crippen MR) is 63.5 cm³/mol. The van der Waals surface area contributed by atoms with Crippen molar-refractivity contribution < 1.29 is 0 Å². The van der Waals surface area contributed by atoms with Gasteiger partial charge in [0.05, 0.1) is 0 Å². The first kappa shape index (κ1) is 9.74. The van der Waals surface area contributed by atoms with Crippen molar-refractivity contribution in [3.05, 3.63) is 34.4 Å². The van der Waals surface area contributed by atoms with Crippen LogP contribution in [-0.4, -0.2) is 12.0 Å². The molecule has 1 aromatic heterocycles. The maximum atomic E-state index is 3.49. The lowest BCUT2D eigenvalue weighted by Gasteiger charge is -2.08. The van der Waals surface area contributed by atoms with Crippen LogP contribution in [0.4, 0.5) is 0 Å². The van der Waals surface area contributed by atoms with Gasteiger partial charge in [0.1, 0.15) is 0 Å². The second-order valence-corrected chi connectivity index (χ2v) is 4.36. The Balaban J connectivity index is 2.61. The minimum Gasteiger partial charge on any atom is -0.361 e. The summed E-state index contributed by atoms with van der Waals surface area (Å²) in [5, 5.41) is 4.52. The second kappa shape index (κ2) is 3.75. The van der Waals surface area contributed by atoms with Crippen LogP contribution in [0.2, 0.25) is 0 Å². The van der Waals surface area contributed by atoms with E-state index in [0.717, 1.165) is 4.47 Å². The van der Waals surface area contributed by atoms with E-state index in [-0.39, 0.29) is 0 Å². The van der Waals surface area contributed by atoms with Gasteiger partial charge in [0.2, 0.25) is 0 Å². The highest BCUT2D eigenvalue weighted by molar-refractivity contribution is 9.10. The number of rotatable bonds is 2. The van der Waals surface area contributed by atoms with E-state index in [4.69, 9.17) is 0 Å². The zero-order chi connectivity index (χ0) is 10.1. The summed E-state index contributed by atoms with van der Waals surface area (Å²) in [5.74, 6) is 0. The highest BCUT2D eigenvalue weighted by Gasteiger charge is 2.08. The Bertz CT molecular complexity index is 447. The summed E-state index contributed by atoms with van der Waals surface area (Å²) >= 11 is 3.49. The molecule has 1 atom stereocenters. The highest BCUT2D eigenvalue weighted by atomic mass is 79.9. The van der Waals surface area contributed by atoms with E-state index in [2.05, 4.69) is 51.5 Å². The van der Waals surface area contributed by atoms with Crippen molar-refractivity contribution >= 4 is 26.8 Å². The molecule has 0 aliphatic heterocycles. The molecule has 1 aromatic carbocycles. The molecule has 0 saturated heterocycles. The summed E-state index contributed by atoms with van der Waals surface area (Å²) in [5.41, 5.74) is 2.49. The molecular weight excluding hydrogens is 240 g/mol. The molecule has 14 heavy (non-hydrogen) atoms. The van der Waals surface area contributed by atoms with Crippen LogP contribution in [0, 0.1) is 0 Å². The molecule has 0 saturated carbocycles. The standard InChI is InChI=1S/C11H13BrN2/c1-7(13-2)10-6-14-11-4-3-8(12)5-9(10)11/h3-7,13-14H,1-2H3/t7-/m1/s1. The Kier molecular flexibility index (Phi) is 2.61. The third-order valence-corrected chi connectivity index (χ3v) is 3.07. The number of fused-ring (bicyclic) bond motifs is 1. The predicted octanol–water partition coefficient (Wildman–Crippen LogP) is 3.21. The zero-order valence-corrected chi connectivity index (χ0v) is 9.85. The molecule has 2 rings (SSSR count). The topological polar surface area (TPSA) is 27.8 Å². The molecule has 0 aliphatic rings. The molecule has 74 valence electrons. The molecule has 0 radical (unpaired) electrons. The Morgan fingerprint density at radius 1 is 1.43 bits per heavy atom. The SMILES string of the molecule is CN[C@H](C)c1c[nH]c2ccc(Br)cc12. The van der Waals surface area contributed by atoms with Gasteiger partial charge in [-0.25, -0.2) is 0 Å². The minimum absolute atomic E-state index is 0.373. The maximum Gasteiger partial charge on any atom is 0.0458 e. The van der Waals surface area contributed by atoms with Crippen LogP contribution in [0.15, 0.2) is 28.9 Å². The van der Waals surface area contributed by atoms with Gasteiger partial charge >= 0.3 is 0 Å².